The van der Waals surface area contributed by atoms with Crippen molar-refractivity contribution < 1.29 is 19.3 Å². The molecule has 2 aliphatic rings. The summed E-state index contributed by atoms with van der Waals surface area (Å²) in [6.07, 6.45) is 2.35. The Morgan fingerprint density at radius 2 is 1.79 bits per heavy atom. The molecule has 0 radical (unpaired) electrons. The number of anilines is 2. The van der Waals surface area contributed by atoms with Crippen LogP contribution in [0.1, 0.15) is 13.8 Å². The van der Waals surface area contributed by atoms with Crippen LogP contribution < -0.4 is 25.0 Å². The average Bonchev–Trinajstić information content (AvgIpc) is 3.33. The van der Waals surface area contributed by atoms with Crippen LogP contribution >= 0.6 is 23.2 Å². The number of ether oxygens (including phenoxy) is 3. The highest BCUT2D eigenvalue weighted by Crippen LogP contribution is 2.47. The molecule has 3 atom stereocenters. The van der Waals surface area contributed by atoms with Gasteiger partial charge in [0.1, 0.15) is 23.2 Å². The van der Waals surface area contributed by atoms with Gasteiger partial charge in [0, 0.05) is 36.3 Å². The third-order valence-corrected chi connectivity index (χ3v) is 7.67. The van der Waals surface area contributed by atoms with E-state index in [0.29, 0.717) is 63.3 Å². The standard InChI is InChI=1S/C27H32Cl2N6O4/c1-6-20(36)31-16-10-39-11-17(16)33-26-30-9-14-7-15(21-22(28)18(37-4)8-19(38-5)23(21)29)32-25(24(14)34-26)35-12-27(2,3)13-35/h6-9,16-17,20,31,36H,1,10-13H2,2-5H3,(H,30,33,34)/t16-,17+,20?/m0/s1. The van der Waals surface area contributed by atoms with Crippen molar-refractivity contribution >= 4 is 45.9 Å². The molecule has 0 bridgehead atoms. The molecule has 3 N–H and O–H groups in total. The summed E-state index contributed by atoms with van der Waals surface area (Å²) in [6, 6.07) is 3.24. The molecule has 0 amide bonds. The van der Waals surface area contributed by atoms with E-state index in [1.807, 2.05) is 6.07 Å². The fourth-order valence-electron chi connectivity index (χ4n) is 5.00. The van der Waals surface area contributed by atoms with Gasteiger partial charge >= 0.3 is 0 Å². The van der Waals surface area contributed by atoms with Gasteiger partial charge < -0.3 is 29.5 Å². The van der Waals surface area contributed by atoms with Crippen molar-refractivity contribution in [2.45, 2.75) is 32.2 Å². The van der Waals surface area contributed by atoms with Crippen molar-refractivity contribution in [2.75, 3.05) is 50.7 Å². The number of aliphatic hydroxyl groups excluding tert-OH is 1. The van der Waals surface area contributed by atoms with Crippen molar-refractivity contribution in [3.8, 4) is 22.8 Å². The van der Waals surface area contributed by atoms with Crippen molar-refractivity contribution in [1.29, 1.82) is 0 Å². The molecule has 39 heavy (non-hydrogen) atoms. The number of aromatic nitrogens is 3. The number of benzene rings is 1. The second-order valence-electron chi connectivity index (χ2n) is 10.5. The first-order chi connectivity index (χ1) is 18.6. The zero-order valence-electron chi connectivity index (χ0n) is 22.3. The Morgan fingerprint density at radius 3 is 2.41 bits per heavy atom. The molecule has 2 aliphatic heterocycles. The lowest BCUT2D eigenvalue weighted by molar-refractivity contribution is 0.149. The summed E-state index contributed by atoms with van der Waals surface area (Å²) in [6.45, 7) is 10.6. The number of fused-ring (bicyclic) bond motifs is 1. The van der Waals surface area contributed by atoms with Gasteiger partial charge in [-0.3, -0.25) is 5.32 Å². The quantitative estimate of drug-likeness (QED) is 0.254. The smallest absolute Gasteiger partial charge is 0.223 e. The van der Waals surface area contributed by atoms with Crippen LogP contribution in [-0.4, -0.2) is 78.9 Å². The van der Waals surface area contributed by atoms with Gasteiger partial charge in [-0.15, -0.1) is 0 Å². The van der Waals surface area contributed by atoms with Gasteiger partial charge in [-0.05, 0) is 17.6 Å². The van der Waals surface area contributed by atoms with E-state index in [4.69, 9.17) is 47.4 Å². The van der Waals surface area contributed by atoms with E-state index in [-0.39, 0.29) is 17.5 Å². The van der Waals surface area contributed by atoms with Crippen LogP contribution in [0.25, 0.3) is 22.2 Å². The van der Waals surface area contributed by atoms with Gasteiger partial charge in [0.25, 0.3) is 0 Å². The maximum Gasteiger partial charge on any atom is 0.223 e. The summed E-state index contributed by atoms with van der Waals surface area (Å²) >= 11 is 13.5. The van der Waals surface area contributed by atoms with E-state index in [9.17, 15) is 5.11 Å². The summed E-state index contributed by atoms with van der Waals surface area (Å²) in [5.41, 5.74) is 1.92. The monoisotopic (exact) mass is 574 g/mol. The zero-order chi connectivity index (χ0) is 27.9. The molecule has 12 heteroatoms. The first kappa shape index (κ1) is 27.7. The minimum absolute atomic E-state index is 0.138. The lowest BCUT2D eigenvalue weighted by atomic mass is 9.84. The second kappa shape index (κ2) is 10.9. The lowest BCUT2D eigenvalue weighted by Crippen LogP contribution is -2.53. The number of hydrogen-bond acceptors (Lipinski definition) is 10. The molecule has 3 aromatic rings. The molecule has 2 saturated heterocycles. The maximum atomic E-state index is 9.95. The van der Waals surface area contributed by atoms with Crippen LogP contribution in [0.4, 0.5) is 11.8 Å². The van der Waals surface area contributed by atoms with Gasteiger partial charge in [-0.2, -0.15) is 0 Å². The van der Waals surface area contributed by atoms with E-state index in [0.717, 1.165) is 18.5 Å². The number of halogens is 2. The zero-order valence-corrected chi connectivity index (χ0v) is 23.8. The number of methoxy groups -OCH3 is 2. The first-order valence-electron chi connectivity index (χ1n) is 12.6. The van der Waals surface area contributed by atoms with Crippen molar-refractivity contribution in [3.05, 3.63) is 41.0 Å². The number of pyridine rings is 1. The molecular formula is C27H32Cl2N6O4. The van der Waals surface area contributed by atoms with Crippen LogP contribution in [0.15, 0.2) is 31.0 Å². The fraction of sp³-hybridized carbons (Fsp3) is 0.444. The Labute approximate surface area is 237 Å². The predicted octanol–water partition coefficient (Wildman–Crippen LogP) is 4.14. The topological polar surface area (TPSA) is 114 Å². The summed E-state index contributed by atoms with van der Waals surface area (Å²) in [7, 11) is 3.07. The predicted molar refractivity (Wildman–Crippen MR) is 153 cm³/mol. The molecule has 5 rings (SSSR count). The summed E-state index contributed by atoms with van der Waals surface area (Å²) in [4.78, 5) is 16.6. The molecule has 4 heterocycles. The second-order valence-corrected chi connectivity index (χ2v) is 11.3. The molecule has 0 spiro atoms. The van der Waals surface area contributed by atoms with Crippen LogP contribution in [0.2, 0.25) is 10.0 Å². The molecule has 2 aromatic heterocycles. The number of nitrogens with one attached hydrogen (secondary N) is 2. The van der Waals surface area contributed by atoms with Crippen molar-refractivity contribution in [1.82, 2.24) is 20.3 Å². The third kappa shape index (κ3) is 5.44. The largest absolute Gasteiger partial charge is 0.495 e. The molecule has 2 fully saturated rings. The van der Waals surface area contributed by atoms with Crippen LogP contribution in [-0.2, 0) is 4.74 Å². The van der Waals surface area contributed by atoms with E-state index in [2.05, 4.69) is 40.9 Å². The summed E-state index contributed by atoms with van der Waals surface area (Å²) < 4.78 is 16.6. The molecule has 10 nitrogen and oxygen atoms in total. The number of nitrogens with zero attached hydrogens (tertiary/aromatic N) is 4. The Kier molecular flexibility index (Phi) is 7.76. The molecule has 208 valence electrons. The normalized spacial score (nSPS) is 20.9. The molecule has 1 unspecified atom stereocenters. The highest BCUT2D eigenvalue weighted by Gasteiger charge is 2.37. The van der Waals surface area contributed by atoms with Crippen LogP contribution in [0.3, 0.4) is 0 Å². The minimum atomic E-state index is -0.837. The van der Waals surface area contributed by atoms with E-state index < -0.39 is 6.23 Å². The van der Waals surface area contributed by atoms with E-state index in [1.54, 1.807) is 12.3 Å². The first-order valence-corrected chi connectivity index (χ1v) is 13.3. The summed E-state index contributed by atoms with van der Waals surface area (Å²) in [5.74, 6) is 2.01. The minimum Gasteiger partial charge on any atom is -0.495 e. The highest BCUT2D eigenvalue weighted by atomic mass is 35.5. The van der Waals surface area contributed by atoms with Crippen LogP contribution in [0.5, 0.6) is 11.5 Å². The molecule has 0 aliphatic carbocycles. The van der Waals surface area contributed by atoms with Gasteiger partial charge in [-0.25, -0.2) is 15.0 Å². The van der Waals surface area contributed by atoms with Crippen LogP contribution in [0, 0.1) is 5.41 Å². The summed E-state index contributed by atoms with van der Waals surface area (Å²) in [5, 5.41) is 17.8. The maximum absolute atomic E-state index is 9.95. The van der Waals surface area contributed by atoms with Gasteiger partial charge in [0.15, 0.2) is 5.82 Å². The van der Waals surface area contributed by atoms with Crippen molar-refractivity contribution in [3.63, 3.8) is 0 Å². The third-order valence-electron chi connectivity index (χ3n) is 6.92. The average molecular weight is 575 g/mol. The number of hydrogen-bond donors (Lipinski definition) is 3. The van der Waals surface area contributed by atoms with Gasteiger partial charge in [0.2, 0.25) is 5.95 Å². The number of rotatable bonds is 9. The fourth-order valence-corrected chi connectivity index (χ4v) is 5.70. The Balaban J connectivity index is 1.58. The van der Waals surface area contributed by atoms with Gasteiger partial charge in [0.05, 0.1) is 55.3 Å². The van der Waals surface area contributed by atoms with E-state index in [1.165, 1.54) is 20.3 Å². The lowest BCUT2D eigenvalue weighted by Gasteiger charge is -2.46. The van der Waals surface area contributed by atoms with Crippen molar-refractivity contribution in [2.24, 2.45) is 5.41 Å². The molecule has 1 aromatic carbocycles. The Morgan fingerprint density at radius 1 is 1.13 bits per heavy atom. The Bertz CT molecular complexity index is 1370. The van der Waals surface area contributed by atoms with E-state index >= 15 is 0 Å². The highest BCUT2D eigenvalue weighted by molar-refractivity contribution is 6.41. The Hall–Kier alpha value is -2.89. The number of aliphatic hydroxyl groups is 1. The molecular weight excluding hydrogens is 543 g/mol. The SMILES string of the molecule is C=CC(O)N[C@H]1COC[C@H]1Nc1ncc2cc(-c3c(Cl)c(OC)cc(OC)c3Cl)nc(N3CC(C)(C)C3)c2n1. The van der Waals surface area contributed by atoms with Gasteiger partial charge in [-0.1, -0.05) is 43.6 Å². The molecule has 0 saturated carbocycles.